The second-order valence-electron chi connectivity index (χ2n) is 9.07. The van der Waals surface area contributed by atoms with Crippen molar-refractivity contribution in [1.29, 1.82) is 5.26 Å². The zero-order valence-electron chi connectivity index (χ0n) is 20.8. The van der Waals surface area contributed by atoms with E-state index in [0.29, 0.717) is 38.3 Å². The molecule has 0 radical (unpaired) electrons. The number of dihydropyridines is 1. The van der Waals surface area contributed by atoms with Gasteiger partial charge in [-0.15, -0.1) is 0 Å². The molecule has 7 nitrogen and oxygen atoms in total. The van der Waals surface area contributed by atoms with Crippen molar-refractivity contribution >= 4 is 40.9 Å². The van der Waals surface area contributed by atoms with Gasteiger partial charge in [-0.1, -0.05) is 35.5 Å². The van der Waals surface area contributed by atoms with Crippen LogP contribution in [0, 0.1) is 11.3 Å². The van der Waals surface area contributed by atoms with Gasteiger partial charge in [-0.25, -0.2) is 4.79 Å². The number of nitrogens with one attached hydrogen (secondary N) is 2. The number of rotatable bonds is 7. The van der Waals surface area contributed by atoms with Crippen molar-refractivity contribution in [2.45, 2.75) is 39.2 Å². The average molecular weight is 526 g/mol. The molecule has 2 aromatic rings. The van der Waals surface area contributed by atoms with E-state index in [-0.39, 0.29) is 11.7 Å². The van der Waals surface area contributed by atoms with E-state index in [1.54, 1.807) is 83.3 Å². The molecule has 1 heterocycles. The maximum Gasteiger partial charge on any atom is 0.337 e. The zero-order valence-corrected chi connectivity index (χ0v) is 22.3. The predicted molar refractivity (Wildman–Crippen MR) is 143 cm³/mol. The van der Waals surface area contributed by atoms with Crippen LogP contribution in [0.4, 0.5) is 5.69 Å². The number of halogens is 1. The lowest BCUT2D eigenvalue weighted by Crippen LogP contribution is -2.32. The molecule has 9 heteroatoms. The van der Waals surface area contributed by atoms with Crippen molar-refractivity contribution in [1.82, 2.24) is 5.32 Å². The number of anilines is 1. The first-order valence-corrected chi connectivity index (χ1v) is 12.6. The highest BCUT2D eigenvalue weighted by Gasteiger charge is 2.37. The second-order valence-corrected chi connectivity index (χ2v) is 10.5. The van der Waals surface area contributed by atoms with Gasteiger partial charge >= 0.3 is 5.97 Å². The summed E-state index contributed by atoms with van der Waals surface area (Å²) in [6.07, 6.45) is 0. The van der Waals surface area contributed by atoms with Gasteiger partial charge in [-0.05, 0) is 69.7 Å². The maximum absolute atomic E-state index is 13.2. The van der Waals surface area contributed by atoms with Crippen LogP contribution in [0.25, 0.3) is 0 Å². The van der Waals surface area contributed by atoms with Gasteiger partial charge in [-0.3, -0.25) is 4.79 Å². The first-order chi connectivity index (χ1) is 17.0. The van der Waals surface area contributed by atoms with Crippen LogP contribution in [0.15, 0.2) is 70.4 Å². The van der Waals surface area contributed by atoms with Gasteiger partial charge in [0.25, 0.3) is 0 Å². The Morgan fingerprint density at radius 3 is 2.33 bits per heavy atom. The molecule has 1 aliphatic heterocycles. The minimum Gasteiger partial charge on any atom is -0.497 e. The molecular formula is C27H28ClN3O4S. The zero-order chi connectivity index (χ0) is 26.5. The Morgan fingerprint density at radius 2 is 1.78 bits per heavy atom. The summed E-state index contributed by atoms with van der Waals surface area (Å²) in [5.74, 6) is -0.674. The van der Waals surface area contributed by atoms with Crippen molar-refractivity contribution < 1.29 is 19.1 Å². The number of carbonyl (C=O) groups is 2. The number of nitrogens with zero attached hydrogens (tertiary/aromatic N) is 1. The number of nitriles is 1. The van der Waals surface area contributed by atoms with Crippen molar-refractivity contribution in [3.05, 3.63) is 81.0 Å². The van der Waals surface area contributed by atoms with Gasteiger partial charge in [0, 0.05) is 16.4 Å². The Bertz CT molecular complexity index is 1240. The van der Waals surface area contributed by atoms with Crippen LogP contribution in [0.2, 0.25) is 5.02 Å². The van der Waals surface area contributed by atoms with Crippen LogP contribution < -0.4 is 15.4 Å². The molecule has 0 unspecified atom stereocenters. The van der Waals surface area contributed by atoms with Crippen molar-refractivity contribution in [2.24, 2.45) is 0 Å². The molecule has 0 aromatic heterocycles. The SMILES string of the molecule is COc1ccc(NC(=O)CSC2=C(C#N)[C@H](c3ccc(Cl)cc3)C(C(=O)OC(C)(C)C)=C(C)N2)cc1. The number of benzene rings is 2. The normalized spacial score (nSPS) is 15.6. The number of hydrogen-bond donors (Lipinski definition) is 2. The van der Waals surface area contributed by atoms with E-state index < -0.39 is 17.5 Å². The molecule has 2 N–H and O–H groups in total. The Hall–Kier alpha value is -3.41. The summed E-state index contributed by atoms with van der Waals surface area (Å²) < 4.78 is 10.8. The summed E-state index contributed by atoms with van der Waals surface area (Å²) in [5, 5.41) is 17.2. The lowest BCUT2D eigenvalue weighted by atomic mass is 9.82. The molecule has 0 spiro atoms. The van der Waals surface area contributed by atoms with E-state index in [4.69, 9.17) is 21.1 Å². The molecule has 0 saturated heterocycles. The van der Waals surface area contributed by atoms with E-state index >= 15 is 0 Å². The van der Waals surface area contributed by atoms with Crippen molar-refractivity contribution in [3.8, 4) is 11.8 Å². The Labute approximate surface area is 220 Å². The summed E-state index contributed by atoms with van der Waals surface area (Å²) in [6.45, 7) is 7.13. The van der Waals surface area contributed by atoms with E-state index in [0.717, 1.165) is 5.56 Å². The lowest BCUT2D eigenvalue weighted by molar-refractivity contribution is -0.150. The number of thioether (sulfide) groups is 1. The van der Waals surface area contributed by atoms with Crippen LogP contribution in [-0.4, -0.2) is 30.3 Å². The fourth-order valence-corrected chi connectivity index (χ4v) is 4.65. The molecule has 0 bridgehead atoms. The van der Waals surface area contributed by atoms with E-state index in [1.807, 2.05) is 0 Å². The summed E-state index contributed by atoms with van der Waals surface area (Å²) in [6, 6.07) is 16.2. The van der Waals surface area contributed by atoms with Crippen LogP contribution in [0.3, 0.4) is 0 Å². The van der Waals surface area contributed by atoms with Crippen LogP contribution >= 0.6 is 23.4 Å². The Morgan fingerprint density at radius 1 is 1.14 bits per heavy atom. The number of hydrogen-bond acceptors (Lipinski definition) is 7. The number of carbonyl (C=O) groups excluding carboxylic acids is 2. The molecular weight excluding hydrogens is 498 g/mol. The highest BCUT2D eigenvalue weighted by atomic mass is 35.5. The fourth-order valence-electron chi connectivity index (χ4n) is 3.63. The van der Waals surface area contributed by atoms with E-state index in [1.165, 1.54) is 11.8 Å². The molecule has 1 aliphatic rings. The standard InChI is InChI=1S/C27H28ClN3O4S/c1-16-23(26(33)35-27(2,3)4)24(17-6-8-18(28)9-7-17)21(14-29)25(30-16)36-15-22(32)31-19-10-12-20(34-5)13-11-19/h6-13,24,30H,15H2,1-5H3,(H,31,32)/t24-/m0/s1. The fraction of sp³-hybridized carbons (Fsp3) is 0.296. The quantitative estimate of drug-likeness (QED) is 0.443. The van der Waals surface area contributed by atoms with Gasteiger partial charge in [-0.2, -0.15) is 5.26 Å². The molecule has 3 rings (SSSR count). The molecule has 188 valence electrons. The van der Waals surface area contributed by atoms with E-state index in [9.17, 15) is 14.9 Å². The molecule has 2 aromatic carbocycles. The predicted octanol–water partition coefficient (Wildman–Crippen LogP) is 5.76. The lowest BCUT2D eigenvalue weighted by Gasteiger charge is -2.31. The minimum atomic E-state index is -0.708. The number of allylic oxidation sites excluding steroid dienone is 2. The Kier molecular flexibility index (Phi) is 8.72. The molecule has 0 fully saturated rings. The first kappa shape index (κ1) is 27.2. The van der Waals surface area contributed by atoms with Gasteiger partial charge < -0.3 is 20.1 Å². The van der Waals surface area contributed by atoms with E-state index in [2.05, 4.69) is 16.7 Å². The highest BCUT2D eigenvalue weighted by molar-refractivity contribution is 8.03. The number of methoxy groups -OCH3 is 1. The number of esters is 1. The van der Waals surface area contributed by atoms with Crippen LogP contribution in [0.1, 0.15) is 39.2 Å². The smallest absolute Gasteiger partial charge is 0.337 e. The summed E-state index contributed by atoms with van der Waals surface area (Å²) in [5.41, 5.74) is 1.87. The largest absolute Gasteiger partial charge is 0.497 e. The third-order valence-corrected chi connectivity index (χ3v) is 6.46. The van der Waals surface area contributed by atoms with Gasteiger partial charge in [0.15, 0.2) is 0 Å². The summed E-state index contributed by atoms with van der Waals surface area (Å²) in [7, 11) is 1.57. The second kappa shape index (κ2) is 11.5. The van der Waals surface area contributed by atoms with Gasteiger partial charge in [0.1, 0.15) is 11.4 Å². The topological polar surface area (TPSA) is 100 Å². The summed E-state index contributed by atoms with van der Waals surface area (Å²) >= 11 is 7.28. The molecule has 36 heavy (non-hydrogen) atoms. The third kappa shape index (κ3) is 6.84. The van der Waals surface area contributed by atoms with Gasteiger partial charge in [0.2, 0.25) is 5.91 Å². The molecule has 1 amide bonds. The van der Waals surface area contributed by atoms with Gasteiger partial charge in [0.05, 0.1) is 41.0 Å². The first-order valence-electron chi connectivity index (χ1n) is 11.2. The minimum absolute atomic E-state index is 0.0575. The van der Waals surface area contributed by atoms with Crippen molar-refractivity contribution in [2.75, 3.05) is 18.2 Å². The third-order valence-electron chi connectivity index (χ3n) is 5.19. The molecule has 0 saturated carbocycles. The maximum atomic E-state index is 13.2. The van der Waals surface area contributed by atoms with Crippen LogP contribution in [-0.2, 0) is 14.3 Å². The molecule has 1 atom stereocenters. The van der Waals surface area contributed by atoms with Crippen LogP contribution in [0.5, 0.6) is 5.75 Å². The monoisotopic (exact) mass is 525 g/mol. The average Bonchev–Trinajstić information content (AvgIpc) is 2.82. The number of ether oxygens (including phenoxy) is 2. The summed E-state index contributed by atoms with van der Waals surface area (Å²) in [4.78, 5) is 25.8. The Balaban J connectivity index is 1.88. The number of amides is 1. The molecule has 0 aliphatic carbocycles. The highest BCUT2D eigenvalue weighted by Crippen LogP contribution is 2.41. The van der Waals surface area contributed by atoms with Crippen molar-refractivity contribution in [3.63, 3.8) is 0 Å².